The van der Waals surface area contributed by atoms with Gasteiger partial charge in [-0.25, -0.2) is 0 Å². The lowest BCUT2D eigenvalue weighted by Gasteiger charge is -2.21. The van der Waals surface area contributed by atoms with Crippen molar-refractivity contribution < 1.29 is 14.3 Å². The van der Waals surface area contributed by atoms with Gasteiger partial charge in [-0.15, -0.1) is 11.6 Å². The normalized spacial score (nSPS) is 14.0. The first-order valence-corrected chi connectivity index (χ1v) is 10.5. The van der Waals surface area contributed by atoms with Crippen molar-refractivity contribution in [2.45, 2.75) is 19.1 Å². The number of halogens is 1. The minimum atomic E-state index is -0.387. The molecule has 1 aliphatic rings. The van der Waals surface area contributed by atoms with Crippen molar-refractivity contribution in [3.63, 3.8) is 0 Å². The van der Waals surface area contributed by atoms with Crippen LogP contribution in [-0.2, 0) is 22.6 Å². The van der Waals surface area contributed by atoms with Crippen LogP contribution in [0, 0.1) is 0 Å². The van der Waals surface area contributed by atoms with Gasteiger partial charge in [0.2, 0.25) is 5.91 Å². The Bertz CT molecular complexity index is 1080. The third-order valence-corrected chi connectivity index (χ3v) is 5.59. The molecule has 1 heterocycles. The van der Waals surface area contributed by atoms with Crippen molar-refractivity contribution in [2.24, 2.45) is 0 Å². The molecule has 2 N–H and O–H groups in total. The highest BCUT2D eigenvalue weighted by Gasteiger charge is 2.19. The monoisotopic (exact) mass is 422 g/mol. The highest BCUT2D eigenvalue weighted by Crippen LogP contribution is 2.22. The molecule has 6 heteroatoms. The second-order valence-electron chi connectivity index (χ2n) is 7.36. The van der Waals surface area contributed by atoms with Crippen molar-refractivity contribution in [1.82, 2.24) is 10.6 Å². The number of carbonyl (C=O) groups is 2. The predicted octanol–water partition coefficient (Wildman–Crippen LogP) is 3.74. The first-order valence-electron chi connectivity index (χ1n) is 9.96. The van der Waals surface area contributed by atoms with E-state index in [2.05, 4.69) is 10.6 Å². The number of fused-ring (bicyclic) bond motifs is 2. The van der Waals surface area contributed by atoms with Crippen molar-refractivity contribution in [3.05, 3.63) is 82.9 Å². The largest absolute Gasteiger partial charge is 0.376 e. The zero-order valence-electron chi connectivity index (χ0n) is 16.5. The molecular formula is C24H23ClN2O3. The smallest absolute Gasteiger partial charge is 0.251 e. The summed E-state index contributed by atoms with van der Waals surface area (Å²) in [5, 5.41) is 8.03. The summed E-state index contributed by atoms with van der Waals surface area (Å²) in [4.78, 5) is 24.7. The van der Waals surface area contributed by atoms with E-state index in [0.717, 1.165) is 28.3 Å². The highest BCUT2D eigenvalue weighted by atomic mass is 35.5. The molecule has 2 amide bonds. The first kappa shape index (κ1) is 20.4. The van der Waals surface area contributed by atoms with E-state index >= 15 is 0 Å². The molecule has 30 heavy (non-hydrogen) atoms. The third-order valence-electron chi connectivity index (χ3n) is 5.35. The van der Waals surface area contributed by atoms with E-state index in [0.29, 0.717) is 18.8 Å². The fourth-order valence-electron chi connectivity index (χ4n) is 3.69. The van der Waals surface area contributed by atoms with E-state index in [1.807, 2.05) is 60.7 Å². The van der Waals surface area contributed by atoms with Gasteiger partial charge in [-0.2, -0.15) is 0 Å². The molecule has 3 aromatic rings. The topological polar surface area (TPSA) is 67.4 Å². The van der Waals surface area contributed by atoms with Gasteiger partial charge in [-0.3, -0.25) is 9.59 Å². The fraction of sp³-hybridized carbons (Fsp3) is 0.250. The number of rotatable bonds is 6. The maximum absolute atomic E-state index is 13.0. The van der Waals surface area contributed by atoms with Crippen molar-refractivity contribution >= 4 is 34.2 Å². The van der Waals surface area contributed by atoms with Crippen LogP contribution in [0.25, 0.3) is 10.8 Å². The van der Waals surface area contributed by atoms with Crippen LogP contribution in [0.1, 0.15) is 33.1 Å². The Balaban J connectivity index is 1.58. The molecule has 3 aromatic carbocycles. The maximum Gasteiger partial charge on any atom is 0.251 e. The van der Waals surface area contributed by atoms with E-state index in [1.54, 1.807) is 0 Å². The summed E-state index contributed by atoms with van der Waals surface area (Å²) >= 11 is 5.62. The SMILES string of the molecule is O=C(CCl)NCC(NC(=O)c1ccc2c(c1)COCC2)c1ccc2ccccc2c1. The molecule has 154 valence electrons. The Labute approximate surface area is 180 Å². The van der Waals surface area contributed by atoms with Crippen molar-refractivity contribution in [1.29, 1.82) is 0 Å². The van der Waals surface area contributed by atoms with Crippen LogP contribution in [-0.4, -0.2) is 30.8 Å². The molecule has 0 bridgehead atoms. The molecule has 1 unspecified atom stereocenters. The van der Waals surface area contributed by atoms with Gasteiger partial charge in [0.15, 0.2) is 0 Å². The van der Waals surface area contributed by atoms with Gasteiger partial charge in [-0.05, 0) is 52.1 Å². The van der Waals surface area contributed by atoms with Gasteiger partial charge < -0.3 is 15.4 Å². The minimum absolute atomic E-state index is 0.122. The summed E-state index contributed by atoms with van der Waals surface area (Å²) in [6.07, 6.45) is 0.863. The van der Waals surface area contributed by atoms with Crippen LogP contribution in [0.4, 0.5) is 0 Å². The lowest BCUT2D eigenvalue weighted by Crippen LogP contribution is -2.38. The quantitative estimate of drug-likeness (QED) is 0.595. The van der Waals surface area contributed by atoms with Crippen LogP contribution in [0.2, 0.25) is 0 Å². The van der Waals surface area contributed by atoms with E-state index < -0.39 is 0 Å². The number of nitrogens with one attached hydrogen (secondary N) is 2. The average Bonchev–Trinajstić information content (AvgIpc) is 2.80. The predicted molar refractivity (Wildman–Crippen MR) is 118 cm³/mol. The lowest BCUT2D eigenvalue weighted by atomic mass is 9.99. The van der Waals surface area contributed by atoms with Crippen molar-refractivity contribution in [2.75, 3.05) is 19.0 Å². The lowest BCUT2D eigenvalue weighted by molar-refractivity contribution is -0.118. The number of amides is 2. The van der Waals surface area contributed by atoms with E-state index in [4.69, 9.17) is 16.3 Å². The Morgan fingerprint density at radius 3 is 2.67 bits per heavy atom. The van der Waals surface area contributed by atoms with Gasteiger partial charge in [0.1, 0.15) is 5.88 Å². The van der Waals surface area contributed by atoms with Crippen LogP contribution in [0.3, 0.4) is 0 Å². The molecule has 0 saturated heterocycles. The summed E-state index contributed by atoms with van der Waals surface area (Å²) in [6, 6.07) is 19.4. The van der Waals surface area contributed by atoms with Crippen LogP contribution in [0.5, 0.6) is 0 Å². The zero-order chi connectivity index (χ0) is 20.9. The summed E-state index contributed by atoms with van der Waals surface area (Å²) in [5.41, 5.74) is 3.76. The summed E-state index contributed by atoms with van der Waals surface area (Å²) in [7, 11) is 0. The summed E-state index contributed by atoms with van der Waals surface area (Å²) in [5.74, 6) is -0.590. The summed E-state index contributed by atoms with van der Waals surface area (Å²) < 4.78 is 5.51. The van der Waals surface area contributed by atoms with Crippen LogP contribution < -0.4 is 10.6 Å². The number of hydrogen-bond acceptors (Lipinski definition) is 3. The van der Waals surface area contributed by atoms with E-state index in [9.17, 15) is 9.59 Å². The number of ether oxygens (including phenoxy) is 1. The second-order valence-corrected chi connectivity index (χ2v) is 7.62. The molecule has 0 fully saturated rings. The molecule has 4 rings (SSSR count). The number of alkyl halides is 1. The Hall–Kier alpha value is -2.89. The molecular weight excluding hydrogens is 400 g/mol. The standard InChI is InChI=1S/C24H23ClN2O3/c25-13-23(28)26-14-22(19-7-5-16-3-1-2-4-18(16)11-19)27-24(29)20-8-6-17-9-10-30-15-21(17)12-20/h1-8,11-12,22H,9-10,13-15H2,(H,26,28)(H,27,29). The van der Waals surface area contributed by atoms with Gasteiger partial charge in [0.25, 0.3) is 5.91 Å². The zero-order valence-corrected chi connectivity index (χ0v) is 17.2. The van der Waals surface area contributed by atoms with Crippen LogP contribution in [0.15, 0.2) is 60.7 Å². The second kappa shape index (κ2) is 9.28. The van der Waals surface area contributed by atoms with Crippen LogP contribution >= 0.6 is 11.6 Å². The molecule has 0 saturated carbocycles. The van der Waals surface area contributed by atoms with Gasteiger partial charge >= 0.3 is 0 Å². The first-order chi connectivity index (χ1) is 14.6. The molecule has 0 spiro atoms. The average molecular weight is 423 g/mol. The number of carbonyl (C=O) groups excluding carboxylic acids is 2. The Morgan fingerprint density at radius 1 is 1.00 bits per heavy atom. The molecule has 0 aliphatic carbocycles. The number of benzene rings is 3. The molecule has 1 aliphatic heterocycles. The summed E-state index contributed by atoms with van der Waals surface area (Å²) in [6.45, 7) is 1.49. The number of hydrogen-bond donors (Lipinski definition) is 2. The highest BCUT2D eigenvalue weighted by molar-refractivity contribution is 6.27. The Morgan fingerprint density at radius 2 is 1.83 bits per heavy atom. The van der Waals surface area contributed by atoms with E-state index in [1.165, 1.54) is 5.56 Å². The van der Waals surface area contributed by atoms with Gasteiger partial charge in [0.05, 0.1) is 19.3 Å². The molecule has 1 atom stereocenters. The van der Waals surface area contributed by atoms with Crippen molar-refractivity contribution in [3.8, 4) is 0 Å². The van der Waals surface area contributed by atoms with E-state index in [-0.39, 0.29) is 30.3 Å². The molecule has 5 nitrogen and oxygen atoms in total. The van der Waals surface area contributed by atoms with Gasteiger partial charge in [0, 0.05) is 12.1 Å². The third kappa shape index (κ3) is 4.64. The molecule has 0 aromatic heterocycles. The molecule has 0 radical (unpaired) electrons. The Kier molecular flexibility index (Phi) is 6.31. The van der Waals surface area contributed by atoms with Gasteiger partial charge in [-0.1, -0.05) is 42.5 Å². The minimum Gasteiger partial charge on any atom is -0.376 e. The maximum atomic E-state index is 13.0. The fourth-order valence-corrected chi connectivity index (χ4v) is 3.79.